The lowest BCUT2D eigenvalue weighted by Crippen LogP contribution is -2.42. The van der Waals surface area contributed by atoms with E-state index in [0.717, 1.165) is 18.1 Å². The highest BCUT2D eigenvalue weighted by Gasteiger charge is 2.30. The van der Waals surface area contributed by atoms with Gasteiger partial charge in [-0.3, -0.25) is 0 Å². The SMILES string of the molecule is C=C[Si](Cc1ccccc1)(Cc1ccccc1)Cc1ccccc1. The summed E-state index contributed by atoms with van der Waals surface area (Å²) in [6.45, 7) is 4.28. The topological polar surface area (TPSA) is 0 Å². The molecule has 3 aromatic rings. The van der Waals surface area contributed by atoms with Crippen molar-refractivity contribution in [3.8, 4) is 0 Å². The van der Waals surface area contributed by atoms with Gasteiger partial charge in [0.25, 0.3) is 0 Å². The minimum Gasteiger partial charge on any atom is -0.107 e. The summed E-state index contributed by atoms with van der Waals surface area (Å²) in [7, 11) is -1.73. The lowest BCUT2D eigenvalue weighted by atomic mass is 10.2. The molecule has 3 aromatic carbocycles. The van der Waals surface area contributed by atoms with Crippen LogP contribution in [-0.4, -0.2) is 8.07 Å². The van der Waals surface area contributed by atoms with Crippen LogP contribution in [0, 0.1) is 0 Å². The molecule has 24 heavy (non-hydrogen) atoms. The Kier molecular flexibility index (Phi) is 5.45. The second kappa shape index (κ2) is 7.94. The molecule has 0 unspecified atom stereocenters. The van der Waals surface area contributed by atoms with Gasteiger partial charge < -0.3 is 0 Å². The Hall–Kier alpha value is -2.38. The second-order valence-corrected chi connectivity index (χ2v) is 10.7. The van der Waals surface area contributed by atoms with Crippen LogP contribution in [0.25, 0.3) is 0 Å². The third-order valence-electron chi connectivity index (χ3n) is 4.63. The van der Waals surface area contributed by atoms with E-state index in [9.17, 15) is 0 Å². The molecule has 0 aliphatic carbocycles. The van der Waals surface area contributed by atoms with Crippen LogP contribution in [0.15, 0.2) is 103 Å². The Balaban J connectivity index is 1.92. The molecule has 0 saturated carbocycles. The van der Waals surface area contributed by atoms with E-state index in [1.807, 2.05) is 0 Å². The predicted octanol–water partition coefficient (Wildman–Crippen LogP) is 5.51. The van der Waals surface area contributed by atoms with Crippen LogP contribution in [-0.2, 0) is 18.1 Å². The van der Waals surface area contributed by atoms with Crippen LogP contribution >= 0.6 is 0 Å². The third-order valence-corrected chi connectivity index (χ3v) is 8.83. The van der Waals surface area contributed by atoms with Crippen molar-refractivity contribution in [2.75, 3.05) is 0 Å². The van der Waals surface area contributed by atoms with Gasteiger partial charge in [-0.2, -0.15) is 0 Å². The highest BCUT2D eigenvalue weighted by Crippen LogP contribution is 2.23. The minimum absolute atomic E-state index is 1.14. The molecular formula is C23H24Si. The Labute approximate surface area is 146 Å². The van der Waals surface area contributed by atoms with Crippen molar-refractivity contribution >= 4 is 8.07 Å². The molecule has 0 spiro atoms. The molecule has 0 atom stereocenters. The summed E-state index contributed by atoms with van der Waals surface area (Å²) < 4.78 is 0. The van der Waals surface area contributed by atoms with Crippen LogP contribution < -0.4 is 0 Å². The molecule has 3 rings (SSSR count). The summed E-state index contributed by atoms with van der Waals surface area (Å²) in [6, 6.07) is 36.1. The molecule has 120 valence electrons. The summed E-state index contributed by atoms with van der Waals surface area (Å²) in [4.78, 5) is 0. The highest BCUT2D eigenvalue weighted by atomic mass is 28.3. The van der Waals surface area contributed by atoms with Crippen molar-refractivity contribution in [3.63, 3.8) is 0 Å². The molecule has 0 radical (unpaired) electrons. The largest absolute Gasteiger partial charge is 0.107 e. The van der Waals surface area contributed by atoms with E-state index >= 15 is 0 Å². The molecule has 0 saturated heterocycles. The van der Waals surface area contributed by atoms with Crippen molar-refractivity contribution in [2.45, 2.75) is 18.1 Å². The smallest absolute Gasteiger partial charge is 0.0900 e. The van der Waals surface area contributed by atoms with E-state index in [2.05, 4.69) is 103 Å². The molecule has 0 bridgehead atoms. The quantitative estimate of drug-likeness (QED) is 0.502. The molecule has 0 aliphatic rings. The summed E-state index contributed by atoms with van der Waals surface area (Å²) in [6.07, 6.45) is 0. The number of benzene rings is 3. The van der Waals surface area contributed by atoms with Crippen LogP contribution in [0.2, 0.25) is 0 Å². The van der Waals surface area contributed by atoms with Gasteiger partial charge in [0, 0.05) is 0 Å². The predicted molar refractivity (Wildman–Crippen MR) is 106 cm³/mol. The molecule has 0 aromatic heterocycles. The standard InChI is InChI=1S/C23H24Si/c1-2-24(18-21-12-6-3-7-13-21,19-22-14-8-4-9-15-22)20-23-16-10-5-11-17-23/h2-17H,1,18-20H2. The molecular weight excluding hydrogens is 304 g/mol. The lowest BCUT2D eigenvalue weighted by Gasteiger charge is -2.29. The molecule has 1 heteroatoms. The average molecular weight is 329 g/mol. The van der Waals surface area contributed by atoms with Crippen LogP contribution in [0.3, 0.4) is 0 Å². The number of rotatable bonds is 7. The fourth-order valence-electron chi connectivity index (χ4n) is 3.41. The van der Waals surface area contributed by atoms with Crippen molar-refractivity contribution in [2.24, 2.45) is 0 Å². The molecule has 0 heterocycles. The van der Waals surface area contributed by atoms with Gasteiger partial charge in [-0.1, -0.05) is 108 Å². The summed E-state index contributed by atoms with van der Waals surface area (Å²) in [5.41, 5.74) is 6.59. The first kappa shape index (κ1) is 16.5. The van der Waals surface area contributed by atoms with Crippen LogP contribution in [0.4, 0.5) is 0 Å². The van der Waals surface area contributed by atoms with E-state index in [4.69, 9.17) is 0 Å². The minimum atomic E-state index is -1.73. The highest BCUT2D eigenvalue weighted by molar-refractivity contribution is 6.82. The maximum absolute atomic E-state index is 4.28. The maximum atomic E-state index is 4.28. The van der Waals surface area contributed by atoms with E-state index < -0.39 is 8.07 Å². The monoisotopic (exact) mass is 328 g/mol. The first-order chi connectivity index (χ1) is 11.8. The zero-order valence-corrected chi connectivity index (χ0v) is 15.1. The summed E-state index contributed by atoms with van der Waals surface area (Å²) >= 11 is 0. The zero-order chi connectivity index (χ0) is 16.7. The van der Waals surface area contributed by atoms with Crippen molar-refractivity contribution in [3.05, 3.63) is 120 Å². The van der Waals surface area contributed by atoms with Gasteiger partial charge >= 0.3 is 0 Å². The van der Waals surface area contributed by atoms with Crippen molar-refractivity contribution in [1.29, 1.82) is 0 Å². The molecule has 0 amide bonds. The van der Waals surface area contributed by atoms with Gasteiger partial charge in [-0.05, 0) is 18.1 Å². The van der Waals surface area contributed by atoms with E-state index in [-0.39, 0.29) is 0 Å². The van der Waals surface area contributed by atoms with Gasteiger partial charge in [0.1, 0.15) is 0 Å². The Bertz CT molecular complexity index is 646. The first-order valence-corrected chi connectivity index (χ1v) is 11.2. The maximum Gasteiger partial charge on any atom is 0.0900 e. The van der Waals surface area contributed by atoms with Crippen molar-refractivity contribution in [1.82, 2.24) is 0 Å². The zero-order valence-electron chi connectivity index (χ0n) is 14.1. The third kappa shape index (κ3) is 4.33. The molecule has 0 fully saturated rings. The number of hydrogen-bond acceptors (Lipinski definition) is 0. The first-order valence-electron chi connectivity index (χ1n) is 8.55. The van der Waals surface area contributed by atoms with E-state index in [1.165, 1.54) is 16.7 Å². The van der Waals surface area contributed by atoms with E-state index in [1.54, 1.807) is 0 Å². The van der Waals surface area contributed by atoms with Gasteiger partial charge in [0.2, 0.25) is 0 Å². The fourth-order valence-corrected chi connectivity index (χ4v) is 7.37. The normalized spacial score (nSPS) is 11.2. The second-order valence-electron chi connectivity index (χ2n) is 6.55. The van der Waals surface area contributed by atoms with Crippen LogP contribution in [0.1, 0.15) is 16.7 Å². The molecule has 0 aliphatic heterocycles. The Morgan fingerprint density at radius 2 is 0.833 bits per heavy atom. The van der Waals surface area contributed by atoms with Crippen LogP contribution in [0.5, 0.6) is 0 Å². The van der Waals surface area contributed by atoms with Gasteiger partial charge in [0.15, 0.2) is 0 Å². The van der Waals surface area contributed by atoms with Gasteiger partial charge in [-0.25, -0.2) is 0 Å². The summed E-state index contributed by atoms with van der Waals surface area (Å²) in [5.74, 6) is 0. The Morgan fingerprint density at radius 1 is 0.542 bits per heavy atom. The fraction of sp³-hybridized carbons (Fsp3) is 0.130. The molecule has 0 N–H and O–H groups in total. The van der Waals surface area contributed by atoms with Gasteiger partial charge in [0.05, 0.1) is 8.07 Å². The average Bonchev–Trinajstić information content (AvgIpc) is 2.64. The summed E-state index contributed by atoms with van der Waals surface area (Å²) in [5, 5.41) is 0. The lowest BCUT2D eigenvalue weighted by molar-refractivity contribution is 1.15. The van der Waals surface area contributed by atoms with E-state index in [0.29, 0.717) is 0 Å². The van der Waals surface area contributed by atoms with Gasteiger partial charge in [-0.15, -0.1) is 12.3 Å². The van der Waals surface area contributed by atoms with Crippen molar-refractivity contribution < 1.29 is 0 Å². The number of hydrogen-bond donors (Lipinski definition) is 0. The molecule has 0 nitrogen and oxygen atoms in total. The Morgan fingerprint density at radius 3 is 1.08 bits per heavy atom.